The van der Waals surface area contributed by atoms with E-state index in [2.05, 4.69) is 14.9 Å². The van der Waals surface area contributed by atoms with E-state index in [1.54, 1.807) is 0 Å². The van der Waals surface area contributed by atoms with Gasteiger partial charge in [-0.3, -0.25) is 5.10 Å². The molecule has 0 radical (unpaired) electrons. The number of ether oxygens (including phenoxy) is 1. The fraction of sp³-hybridized carbons (Fsp3) is 0.400. The Morgan fingerprint density at radius 3 is 2.76 bits per heavy atom. The van der Waals surface area contributed by atoms with Crippen LogP contribution in [0, 0.1) is 0 Å². The third-order valence-electron chi connectivity index (χ3n) is 4.10. The van der Waals surface area contributed by atoms with E-state index >= 15 is 0 Å². The SMILES string of the molecule is COc1cc(C(F)(F)F)cc(S(=O)(=O)N[C@@H]2CCCc3[nH]ncc32)c1. The van der Waals surface area contributed by atoms with Crippen molar-refractivity contribution >= 4 is 10.0 Å². The topological polar surface area (TPSA) is 84.1 Å². The minimum Gasteiger partial charge on any atom is -0.497 e. The Labute approximate surface area is 142 Å². The van der Waals surface area contributed by atoms with Gasteiger partial charge in [-0.25, -0.2) is 13.1 Å². The summed E-state index contributed by atoms with van der Waals surface area (Å²) in [7, 11) is -2.99. The summed E-state index contributed by atoms with van der Waals surface area (Å²) >= 11 is 0. The van der Waals surface area contributed by atoms with Crippen LogP contribution in [0.15, 0.2) is 29.3 Å². The quantitative estimate of drug-likeness (QED) is 0.861. The molecule has 1 aliphatic carbocycles. The number of sulfonamides is 1. The van der Waals surface area contributed by atoms with Gasteiger partial charge in [-0.05, 0) is 31.4 Å². The number of aromatic amines is 1. The number of H-pyrrole nitrogens is 1. The Morgan fingerprint density at radius 1 is 1.32 bits per heavy atom. The molecule has 6 nitrogen and oxygen atoms in total. The average molecular weight is 375 g/mol. The number of nitrogens with zero attached hydrogens (tertiary/aromatic N) is 1. The van der Waals surface area contributed by atoms with Crippen molar-refractivity contribution in [2.75, 3.05) is 7.11 Å². The number of hydrogen-bond donors (Lipinski definition) is 2. The van der Waals surface area contributed by atoms with Crippen LogP contribution in [0.4, 0.5) is 13.2 Å². The zero-order valence-corrected chi connectivity index (χ0v) is 14.0. The molecule has 0 fully saturated rings. The van der Waals surface area contributed by atoms with Crippen molar-refractivity contribution in [1.29, 1.82) is 0 Å². The van der Waals surface area contributed by atoms with Gasteiger partial charge >= 0.3 is 6.18 Å². The van der Waals surface area contributed by atoms with Crippen molar-refractivity contribution in [3.05, 3.63) is 41.2 Å². The molecule has 0 spiro atoms. The molecule has 0 bridgehead atoms. The van der Waals surface area contributed by atoms with E-state index in [1.807, 2.05) is 0 Å². The fourth-order valence-corrected chi connectivity index (χ4v) is 4.16. The molecule has 25 heavy (non-hydrogen) atoms. The fourth-order valence-electron chi connectivity index (χ4n) is 2.85. The van der Waals surface area contributed by atoms with Gasteiger partial charge < -0.3 is 4.74 Å². The summed E-state index contributed by atoms with van der Waals surface area (Å²) in [6.45, 7) is 0. The highest BCUT2D eigenvalue weighted by Crippen LogP contribution is 2.35. The van der Waals surface area contributed by atoms with E-state index in [0.717, 1.165) is 30.7 Å². The van der Waals surface area contributed by atoms with Crippen molar-refractivity contribution in [1.82, 2.24) is 14.9 Å². The first-order valence-corrected chi connectivity index (χ1v) is 9.00. The standard InChI is InChI=1S/C15H16F3N3O3S/c1-24-10-5-9(15(16,17)18)6-11(7-10)25(22,23)21-14-4-2-3-13-12(14)8-19-20-13/h5-8,14,21H,2-4H2,1H3,(H,19,20)/t14-/m1/s1. The monoisotopic (exact) mass is 375 g/mol. The van der Waals surface area contributed by atoms with Crippen molar-refractivity contribution in [2.24, 2.45) is 0 Å². The van der Waals surface area contributed by atoms with Crippen LogP contribution < -0.4 is 9.46 Å². The molecule has 1 aromatic heterocycles. The highest BCUT2D eigenvalue weighted by Gasteiger charge is 2.34. The van der Waals surface area contributed by atoms with Crippen molar-refractivity contribution in [3.63, 3.8) is 0 Å². The molecule has 10 heteroatoms. The maximum absolute atomic E-state index is 13.0. The van der Waals surface area contributed by atoms with Gasteiger partial charge in [0.15, 0.2) is 0 Å². The number of alkyl halides is 3. The number of rotatable bonds is 4. The smallest absolute Gasteiger partial charge is 0.416 e. The summed E-state index contributed by atoms with van der Waals surface area (Å²) in [5.41, 5.74) is 0.467. The van der Waals surface area contributed by atoms with E-state index in [1.165, 1.54) is 13.3 Å². The number of halogens is 3. The molecule has 1 aromatic carbocycles. The van der Waals surface area contributed by atoms with Crippen LogP contribution in [0.25, 0.3) is 0 Å². The number of methoxy groups -OCH3 is 1. The maximum Gasteiger partial charge on any atom is 0.416 e. The minimum atomic E-state index is -4.68. The van der Waals surface area contributed by atoms with Crippen molar-refractivity contribution in [2.45, 2.75) is 36.4 Å². The lowest BCUT2D eigenvalue weighted by atomic mass is 9.94. The normalized spacial score (nSPS) is 18.0. The number of aromatic nitrogens is 2. The molecule has 0 unspecified atom stereocenters. The van der Waals surface area contributed by atoms with Gasteiger partial charge in [-0.2, -0.15) is 18.3 Å². The molecule has 3 rings (SSSR count). The lowest BCUT2D eigenvalue weighted by molar-refractivity contribution is -0.137. The van der Waals surface area contributed by atoms with E-state index < -0.39 is 32.7 Å². The second kappa shape index (κ2) is 6.34. The van der Waals surface area contributed by atoms with E-state index in [4.69, 9.17) is 4.74 Å². The molecular weight excluding hydrogens is 359 g/mol. The third-order valence-corrected chi connectivity index (χ3v) is 5.55. The van der Waals surface area contributed by atoms with Crippen molar-refractivity contribution < 1.29 is 26.3 Å². The second-order valence-corrected chi connectivity index (χ2v) is 7.48. The molecule has 2 aromatic rings. The van der Waals surface area contributed by atoms with Gasteiger partial charge in [0.1, 0.15) is 5.75 Å². The van der Waals surface area contributed by atoms with Crippen LogP contribution in [0.1, 0.15) is 35.7 Å². The first kappa shape index (κ1) is 17.7. The highest BCUT2D eigenvalue weighted by molar-refractivity contribution is 7.89. The lowest BCUT2D eigenvalue weighted by Crippen LogP contribution is -2.31. The number of fused-ring (bicyclic) bond motifs is 1. The van der Waals surface area contributed by atoms with Crippen LogP contribution in [-0.2, 0) is 22.6 Å². The summed E-state index contributed by atoms with van der Waals surface area (Å²) in [5.74, 6) is -0.178. The first-order valence-electron chi connectivity index (χ1n) is 7.51. The maximum atomic E-state index is 13.0. The Bertz CT molecular complexity index is 878. The Morgan fingerprint density at radius 2 is 2.08 bits per heavy atom. The molecule has 0 saturated heterocycles. The number of nitrogens with one attached hydrogen (secondary N) is 2. The van der Waals surface area contributed by atoms with Gasteiger partial charge in [0, 0.05) is 17.3 Å². The Hall–Kier alpha value is -2.07. The van der Waals surface area contributed by atoms with E-state index in [-0.39, 0.29) is 5.75 Å². The van der Waals surface area contributed by atoms with Gasteiger partial charge in [0.2, 0.25) is 10.0 Å². The summed E-state index contributed by atoms with van der Waals surface area (Å²) in [5, 5.41) is 6.71. The molecule has 0 amide bonds. The van der Waals surface area contributed by atoms with Crippen LogP contribution in [-0.4, -0.2) is 25.7 Å². The number of hydrogen-bond acceptors (Lipinski definition) is 4. The molecule has 1 heterocycles. The van der Waals surface area contributed by atoms with Crippen molar-refractivity contribution in [3.8, 4) is 5.75 Å². The van der Waals surface area contributed by atoms with E-state index in [0.29, 0.717) is 18.1 Å². The Balaban J connectivity index is 1.96. The molecule has 0 saturated carbocycles. The lowest BCUT2D eigenvalue weighted by Gasteiger charge is -2.23. The summed E-state index contributed by atoms with van der Waals surface area (Å²) in [6.07, 6.45) is -1.10. The van der Waals surface area contributed by atoms with Crippen LogP contribution in [0.5, 0.6) is 5.75 Å². The van der Waals surface area contributed by atoms with E-state index in [9.17, 15) is 21.6 Å². The van der Waals surface area contributed by atoms with Gasteiger partial charge in [-0.1, -0.05) is 0 Å². The van der Waals surface area contributed by atoms with Gasteiger partial charge in [0.05, 0.1) is 29.8 Å². The zero-order chi connectivity index (χ0) is 18.2. The molecule has 1 aliphatic rings. The predicted octanol–water partition coefficient (Wildman–Crippen LogP) is 2.79. The van der Waals surface area contributed by atoms with Gasteiger partial charge in [0.25, 0.3) is 0 Å². The second-order valence-electron chi connectivity index (χ2n) is 5.76. The number of aryl methyl sites for hydroxylation is 1. The summed E-state index contributed by atoms with van der Waals surface area (Å²) in [6, 6.07) is 1.89. The zero-order valence-electron chi connectivity index (χ0n) is 13.2. The van der Waals surface area contributed by atoms with Crippen LogP contribution >= 0.6 is 0 Å². The first-order chi connectivity index (χ1) is 11.7. The highest BCUT2D eigenvalue weighted by atomic mass is 32.2. The number of benzene rings is 1. The van der Waals surface area contributed by atoms with Crippen LogP contribution in [0.3, 0.4) is 0 Å². The van der Waals surface area contributed by atoms with Gasteiger partial charge in [-0.15, -0.1) is 0 Å². The van der Waals surface area contributed by atoms with Crippen LogP contribution in [0.2, 0.25) is 0 Å². The average Bonchev–Trinajstić information content (AvgIpc) is 3.03. The predicted molar refractivity (Wildman–Crippen MR) is 82.6 cm³/mol. The Kier molecular flexibility index (Phi) is 4.50. The molecule has 1 atom stereocenters. The molecule has 2 N–H and O–H groups in total. The summed E-state index contributed by atoms with van der Waals surface area (Å²) in [4.78, 5) is -0.491. The molecule has 136 valence electrons. The third kappa shape index (κ3) is 3.64. The molecule has 0 aliphatic heterocycles. The molecular formula is C15H16F3N3O3S. The summed E-state index contributed by atoms with van der Waals surface area (Å²) < 4.78 is 71.5. The largest absolute Gasteiger partial charge is 0.497 e. The minimum absolute atomic E-state index is 0.178.